The second-order valence-electron chi connectivity index (χ2n) is 3.42. The number of alkyl halides is 1. The Labute approximate surface area is 105 Å². The van der Waals surface area contributed by atoms with Crippen molar-refractivity contribution < 1.29 is 24.6 Å². The Kier molecular flexibility index (Phi) is 9.31. The Morgan fingerprint density at radius 2 is 2.00 bits per heavy atom. The maximum atomic E-state index is 10.4. The molecule has 0 saturated carbocycles. The first kappa shape index (κ1) is 18.0. The molecule has 0 aromatic carbocycles. The zero-order valence-corrected chi connectivity index (χ0v) is 10.9. The summed E-state index contributed by atoms with van der Waals surface area (Å²) in [6, 6.07) is 0. The Morgan fingerprint density at radius 1 is 1.53 bits per heavy atom. The Bertz CT molecular complexity index is 281. The second kappa shape index (κ2) is 8.77. The van der Waals surface area contributed by atoms with Crippen molar-refractivity contribution in [3.63, 3.8) is 0 Å². The number of ether oxygens (including phenoxy) is 1. The first-order valence-electron chi connectivity index (χ1n) is 4.51. The molecule has 0 saturated heterocycles. The van der Waals surface area contributed by atoms with Crippen LogP contribution in [0.2, 0.25) is 0 Å². The summed E-state index contributed by atoms with van der Waals surface area (Å²) in [5.41, 5.74) is -0.450. The molecule has 0 heterocycles. The fourth-order valence-electron chi connectivity index (χ4n) is 0.388. The van der Waals surface area contributed by atoms with E-state index in [-0.39, 0.29) is 5.88 Å². The van der Waals surface area contributed by atoms with E-state index in [4.69, 9.17) is 26.7 Å². The molecule has 2 amide bonds. The molecule has 0 rings (SSSR count). The first-order chi connectivity index (χ1) is 7.71. The van der Waals surface area contributed by atoms with Crippen LogP contribution in [0.25, 0.3) is 0 Å². The van der Waals surface area contributed by atoms with Crippen LogP contribution in [0.5, 0.6) is 0 Å². The third kappa shape index (κ3) is 9.58. The van der Waals surface area contributed by atoms with Gasteiger partial charge in [-0.15, -0.1) is 11.6 Å². The van der Waals surface area contributed by atoms with E-state index in [1.807, 2.05) is 0 Å². The molecule has 0 spiro atoms. The van der Waals surface area contributed by atoms with Crippen LogP contribution < -0.4 is 0 Å². The summed E-state index contributed by atoms with van der Waals surface area (Å²) >= 11 is 5.04. The van der Waals surface area contributed by atoms with Gasteiger partial charge in [-0.1, -0.05) is 5.16 Å². The topological polar surface area (TPSA) is 99.4 Å². The highest BCUT2D eigenvalue weighted by atomic mass is 35.5. The number of nitrogens with zero attached hydrogens (tertiary/aromatic N) is 2. The molecular formula is C9H17ClN2O5. The van der Waals surface area contributed by atoms with Gasteiger partial charge in [0.25, 0.3) is 0 Å². The van der Waals surface area contributed by atoms with Crippen molar-refractivity contribution in [2.75, 3.05) is 20.0 Å². The van der Waals surface area contributed by atoms with Crippen molar-refractivity contribution in [2.24, 2.45) is 5.16 Å². The van der Waals surface area contributed by atoms with Gasteiger partial charge in [-0.25, -0.2) is 9.69 Å². The normalized spacial score (nSPS) is 10.6. The van der Waals surface area contributed by atoms with Gasteiger partial charge in [-0.3, -0.25) is 4.79 Å². The molecule has 0 aromatic heterocycles. The van der Waals surface area contributed by atoms with Crippen molar-refractivity contribution >= 4 is 29.8 Å². The van der Waals surface area contributed by atoms with Crippen molar-refractivity contribution in [1.82, 2.24) is 4.90 Å². The fraction of sp³-hybridized carbons (Fsp3) is 0.667. The molecule has 0 fully saturated rings. The highest BCUT2D eigenvalue weighted by Crippen LogP contribution is 2.01. The molecular weight excluding hydrogens is 252 g/mol. The predicted molar refractivity (Wildman–Crippen MR) is 62.9 cm³/mol. The van der Waals surface area contributed by atoms with Crippen molar-refractivity contribution in [3.8, 4) is 0 Å². The van der Waals surface area contributed by atoms with Crippen LogP contribution in [0.15, 0.2) is 5.16 Å². The Morgan fingerprint density at radius 3 is 2.12 bits per heavy atom. The van der Waals surface area contributed by atoms with Gasteiger partial charge in [0, 0.05) is 14.2 Å². The summed E-state index contributed by atoms with van der Waals surface area (Å²) < 4.78 is 4.87. The largest absolute Gasteiger partial charge is 0.465 e. The van der Waals surface area contributed by atoms with Crippen LogP contribution in [-0.2, 0) is 9.53 Å². The number of imide groups is 1. The number of amides is 2. The van der Waals surface area contributed by atoms with Crippen LogP contribution in [0.4, 0.5) is 4.79 Å². The van der Waals surface area contributed by atoms with Crippen LogP contribution in [-0.4, -0.2) is 59.1 Å². The lowest BCUT2D eigenvalue weighted by Gasteiger charge is -2.14. The van der Waals surface area contributed by atoms with Crippen molar-refractivity contribution in [3.05, 3.63) is 0 Å². The lowest BCUT2D eigenvalue weighted by atomic mass is 10.2. The molecule has 0 aliphatic carbocycles. The van der Waals surface area contributed by atoms with E-state index in [0.717, 1.165) is 7.05 Å². The van der Waals surface area contributed by atoms with E-state index >= 15 is 0 Å². The number of carbonyl (C=O) groups excluding carboxylic acids is 1. The highest BCUT2D eigenvalue weighted by molar-refractivity contribution is 6.28. The first-order valence-corrected chi connectivity index (χ1v) is 5.04. The van der Waals surface area contributed by atoms with Gasteiger partial charge >= 0.3 is 6.09 Å². The molecule has 8 heteroatoms. The highest BCUT2D eigenvalue weighted by Gasteiger charge is 2.12. The lowest BCUT2D eigenvalue weighted by molar-refractivity contribution is -0.125. The zero-order valence-electron chi connectivity index (χ0n) is 10.2. The van der Waals surface area contributed by atoms with Crippen LogP contribution >= 0.6 is 11.6 Å². The number of methoxy groups -OCH3 is 1. The van der Waals surface area contributed by atoms with Gasteiger partial charge in [0.1, 0.15) is 11.5 Å². The quantitative estimate of drug-likeness (QED) is 0.347. The zero-order chi connectivity index (χ0) is 14.1. The number of carboxylic acid groups (broad SMARTS) is 1. The van der Waals surface area contributed by atoms with Gasteiger partial charge in [0.05, 0.1) is 6.21 Å². The maximum absolute atomic E-state index is 10.4. The summed E-state index contributed by atoms with van der Waals surface area (Å²) in [4.78, 5) is 20.8. The molecule has 0 bridgehead atoms. The molecule has 0 aromatic rings. The minimum absolute atomic E-state index is 0.303. The van der Waals surface area contributed by atoms with E-state index < -0.39 is 17.6 Å². The standard InChI is InChI=1S/C5H11NO2.C4H6ClNO3/c1-5(2,8-3)4-6-7;1-6(4(8)9)3(7)2-5/h4,7H,1-3H3;2H2,1H3,(H,8,9)/b6-4-;. The molecule has 2 N–H and O–H groups in total. The molecule has 7 nitrogen and oxygen atoms in total. The summed E-state index contributed by atoms with van der Waals surface area (Å²) in [6.45, 7) is 3.60. The molecule has 0 atom stereocenters. The average Bonchev–Trinajstić information content (AvgIpc) is 2.27. The third-order valence-corrected chi connectivity index (χ3v) is 1.90. The summed E-state index contributed by atoms with van der Waals surface area (Å²) in [7, 11) is 2.70. The molecule has 100 valence electrons. The minimum atomic E-state index is -1.29. The third-order valence-electron chi connectivity index (χ3n) is 1.67. The maximum Gasteiger partial charge on any atom is 0.413 e. The number of oxime groups is 1. The summed E-state index contributed by atoms with van der Waals surface area (Å²) in [5.74, 6) is -0.924. The fourth-order valence-corrected chi connectivity index (χ4v) is 0.567. The molecule has 0 unspecified atom stereocenters. The van der Waals surface area contributed by atoms with Crippen molar-refractivity contribution in [1.29, 1.82) is 0 Å². The summed E-state index contributed by atoms with van der Waals surface area (Å²) in [5, 5.41) is 19.0. The van der Waals surface area contributed by atoms with E-state index in [0.29, 0.717) is 4.90 Å². The van der Waals surface area contributed by atoms with E-state index in [1.54, 1.807) is 21.0 Å². The molecule has 0 aliphatic rings. The van der Waals surface area contributed by atoms with Gasteiger partial charge in [-0.05, 0) is 13.8 Å². The minimum Gasteiger partial charge on any atom is -0.465 e. The molecule has 0 aliphatic heterocycles. The second-order valence-corrected chi connectivity index (χ2v) is 3.69. The molecule has 17 heavy (non-hydrogen) atoms. The Balaban J connectivity index is 0. The van der Waals surface area contributed by atoms with Crippen LogP contribution in [0.1, 0.15) is 13.8 Å². The SMILES string of the molecule is CN(C(=O)O)C(=O)CCl.COC(C)(C)/C=N\O. The van der Waals surface area contributed by atoms with Crippen molar-refractivity contribution in [2.45, 2.75) is 19.4 Å². The Hall–Kier alpha value is -1.34. The van der Waals surface area contributed by atoms with E-state index in [1.165, 1.54) is 6.21 Å². The van der Waals surface area contributed by atoms with E-state index in [9.17, 15) is 9.59 Å². The van der Waals surface area contributed by atoms with Gasteiger partial charge in [-0.2, -0.15) is 0 Å². The van der Waals surface area contributed by atoms with Gasteiger partial charge < -0.3 is 15.1 Å². The summed E-state index contributed by atoms with van der Waals surface area (Å²) in [6.07, 6.45) is 0.0353. The number of hydrogen-bond donors (Lipinski definition) is 2. The van der Waals surface area contributed by atoms with Gasteiger partial charge in [0.15, 0.2) is 0 Å². The number of rotatable bonds is 3. The predicted octanol–water partition coefficient (Wildman–Crippen LogP) is 1.23. The van der Waals surface area contributed by atoms with Crippen LogP contribution in [0.3, 0.4) is 0 Å². The number of halogens is 1. The molecule has 0 radical (unpaired) electrons. The van der Waals surface area contributed by atoms with Crippen LogP contribution in [0, 0.1) is 0 Å². The monoisotopic (exact) mass is 268 g/mol. The smallest absolute Gasteiger partial charge is 0.413 e. The number of hydrogen-bond acceptors (Lipinski definition) is 5. The average molecular weight is 269 g/mol. The lowest BCUT2D eigenvalue weighted by Crippen LogP contribution is -2.32. The van der Waals surface area contributed by atoms with Gasteiger partial charge in [0.2, 0.25) is 5.91 Å². The number of carbonyl (C=O) groups is 2. The van der Waals surface area contributed by atoms with E-state index in [2.05, 4.69) is 5.16 Å².